The predicted molar refractivity (Wildman–Crippen MR) is 150 cm³/mol. The second-order valence-electron chi connectivity index (χ2n) is 11.3. The molecule has 6 rings (SSSR count). The lowest BCUT2D eigenvalue weighted by Crippen LogP contribution is -2.42. The maximum Gasteiger partial charge on any atom is 0.225 e. The van der Waals surface area contributed by atoms with Crippen LogP contribution in [0.25, 0.3) is 16.8 Å². The van der Waals surface area contributed by atoms with Crippen LogP contribution in [0.2, 0.25) is 0 Å². The summed E-state index contributed by atoms with van der Waals surface area (Å²) in [6.45, 7) is 0.847. The van der Waals surface area contributed by atoms with E-state index >= 15 is 0 Å². The lowest BCUT2D eigenvalue weighted by Gasteiger charge is -2.31. The normalized spacial score (nSPS) is 23.0. The molecule has 3 fully saturated rings. The summed E-state index contributed by atoms with van der Waals surface area (Å²) in [5.74, 6) is -1.81. The maximum atomic E-state index is 14.8. The molecule has 0 radical (unpaired) electrons. The Balaban J connectivity index is 1.37. The highest BCUT2D eigenvalue weighted by molar-refractivity contribution is 7.91. The van der Waals surface area contributed by atoms with Gasteiger partial charge in [0.1, 0.15) is 22.9 Å². The summed E-state index contributed by atoms with van der Waals surface area (Å²) in [6.07, 6.45) is 6.08. The highest BCUT2D eigenvalue weighted by Gasteiger charge is 2.47. The molecule has 41 heavy (non-hydrogen) atoms. The minimum absolute atomic E-state index is 0.0260. The van der Waals surface area contributed by atoms with Gasteiger partial charge in [-0.3, -0.25) is 4.79 Å². The van der Waals surface area contributed by atoms with E-state index in [2.05, 4.69) is 11.4 Å². The minimum Gasteiger partial charge on any atom is -0.369 e. The van der Waals surface area contributed by atoms with Crippen LogP contribution < -0.4 is 10.2 Å². The van der Waals surface area contributed by atoms with E-state index in [4.69, 9.17) is 5.10 Å². The zero-order valence-corrected chi connectivity index (χ0v) is 23.3. The number of carbonyl (C=O) groups excluding carboxylic acids is 1. The predicted octanol–water partition coefficient (Wildman–Crippen LogP) is 4.50. The van der Waals surface area contributed by atoms with Crippen molar-refractivity contribution in [2.75, 3.05) is 29.5 Å². The van der Waals surface area contributed by atoms with Crippen molar-refractivity contribution in [3.8, 4) is 22.9 Å². The summed E-state index contributed by atoms with van der Waals surface area (Å²) < 4.78 is 54.0. The highest BCUT2D eigenvalue weighted by Crippen LogP contribution is 2.43. The fraction of sp³-hybridized carbons (Fsp3) is 0.433. The van der Waals surface area contributed by atoms with Gasteiger partial charge >= 0.3 is 0 Å². The number of benzene rings is 2. The van der Waals surface area contributed by atoms with Gasteiger partial charge in [0, 0.05) is 48.4 Å². The van der Waals surface area contributed by atoms with E-state index in [1.807, 2.05) is 29.2 Å². The van der Waals surface area contributed by atoms with Gasteiger partial charge in [-0.1, -0.05) is 25.0 Å². The van der Waals surface area contributed by atoms with Crippen LogP contribution in [0.5, 0.6) is 0 Å². The average molecular weight is 580 g/mol. The van der Waals surface area contributed by atoms with Gasteiger partial charge in [-0.2, -0.15) is 10.4 Å². The molecule has 0 bridgehead atoms. The fourth-order valence-electron chi connectivity index (χ4n) is 5.98. The number of amides is 1. The number of halogens is 2. The number of hydrogen-bond donors (Lipinski definition) is 1. The third-order valence-corrected chi connectivity index (χ3v) is 10.2. The molecule has 1 aromatic heterocycles. The molecular formula is C30H31F2N5O3S. The van der Waals surface area contributed by atoms with Crippen LogP contribution in [0, 0.1) is 28.9 Å². The van der Waals surface area contributed by atoms with Crippen molar-refractivity contribution in [2.45, 2.75) is 50.0 Å². The Morgan fingerprint density at radius 2 is 1.76 bits per heavy atom. The summed E-state index contributed by atoms with van der Waals surface area (Å²) >= 11 is 0. The first-order valence-electron chi connectivity index (χ1n) is 14.0. The summed E-state index contributed by atoms with van der Waals surface area (Å²) in [5.41, 5.74) is 2.24. The van der Waals surface area contributed by atoms with Crippen molar-refractivity contribution in [1.29, 1.82) is 5.26 Å². The van der Waals surface area contributed by atoms with Crippen molar-refractivity contribution < 1.29 is 22.0 Å². The number of sulfone groups is 1. The molecule has 2 atom stereocenters. The Bertz CT molecular complexity index is 1610. The molecule has 2 saturated carbocycles. The Hall–Kier alpha value is -3.78. The van der Waals surface area contributed by atoms with Gasteiger partial charge in [-0.25, -0.2) is 21.9 Å². The largest absolute Gasteiger partial charge is 0.369 e. The van der Waals surface area contributed by atoms with E-state index in [1.54, 1.807) is 6.20 Å². The number of nitrogens with zero attached hydrogens (tertiary/aromatic N) is 4. The van der Waals surface area contributed by atoms with Crippen molar-refractivity contribution in [3.05, 3.63) is 66.0 Å². The zero-order chi connectivity index (χ0) is 28.8. The SMILES string of the molecule is N#CC1(NC(=O)C2CCCCC2c2nn(-c3cc(F)ccc3F)cc2-c2ccc(N3CCS(=O)(=O)CC3)cc2)CC1. The van der Waals surface area contributed by atoms with Gasteiger partial charge in [-0.15, -0.1) is 0 Å². The molecule has 2 heterocycles. The molecule has 214 valence electrons. The molecule has 2 aliphatic carbocycles. The number of hydrogen-bond acceptors (Lipinski definition) is 6. The van der Waals surface area contributed by atoms with E-state index in [0.29, 0.717) is 50.0 Å². The topological polar surface area (TPSA) is 108 Å². The standard InChI is InChI=1S/C30H31F2N5O3S/c31-21-7-10-26(32)27(17-21)37-18-25(20-5-8-22(9-6-20)36-13-15-41(39,40)16-14-36)28(35-37)23-3-1-2-4-24(23)29(38)34-30(19-33)11-12-30/h5-10,17-18,23-24H,1-4,11-16H2,(H,34,38). The Labute approximate surface area is 237 Å². The highest BCUT2D eigenvalue weighted by atomic mass is 32.2. The minimum atomic E-state index is -3.01. The van der Waals surface area contributed by atoms with Gasteiger partial charge in [-0.05, 0) is 55.5 Å². The second-order valence-corrected chi connectivity index (χ2v) is 13.6. The molecule has 1 saturated heterocycles. The second kappa shape index (κ2) is 10.6. The third-order valence-electron chi connectivity index (χ3n) is 8.57. The van der Waals surface area contributed by atoms with E-state index < -0.39 is 32.9 Å². The quantitative estimate of drug-likeness (QED) is 0.461. The smallest absolute Gasteiger partial charge is 0.225 e. The van der Waals surface area contributed by atoms with Crippen molar-refractivity contribution in [2.24, 2.45) is 5.92 Å². The van der Waals surface area contributed by atoms with Crippen molar-refractivity contribution >= 4 is 21.4 Å². The van der Waals surface area contributed by atoms with Crippen LogP contribution >= 0.6 is 0 Å². The van der Waals surface area contributed by atoms with Gasteiger partial charge in [0.2, 0.25) is 5.91 Å². The fourth-order valence-corrected chi connectivity index (χ4v) is 7.18. The van der Waals surface area contributed by atoms with Crippen molar-refractivity contribution in [1.82, 2.24) is 15.1 Å². The summed E-state index contributed by atoms with van der Waals surface area (Å²) in [5, 5.41) is 17.2. The van der Waals surface area contributed by atoms with Crippen LogP contribution in [0.4, 0.5) is 14.5 Å². The number of aromatic nitrogens is 2. The molecule has 2 unspecified atom stereocenters. The number of nitrogens with one attached hydrogen (secondary N) is 1. The van der Waals surface area contributed by atoms with Crippen LogP contribution in [-0.2, 0) is 14.6 Å². The number of nitriles is 1. The van der Waals surface area contributed by atoms with Gasteiger partial charge < -0.3 is 10.2 Å². The lowest BCUT2D eigenvalue weighted by molar-refractivity contribution is -0.127. The van der Waals surface area contributed by atoms with Crippen LogP contribution in [0.15, 0.2) is 48.7 Å². The Morgan fingerprint density at radius 3 is 2.44 bits per heavy atom. The molecule has 3 aromatic rings. The molecule has 1 N–H and O–H groups in total. The third kappa shape index (κ3) is 5.58. The lowest BCUT2D eigenvalue weighted by atomic mass is 9.75. The zero-order valence-electron chi connectivity index (χ0n) is 22.5. The molecule has 8 nitrogen and oxygen atoms in total. The van der Waals surface area contributed by atoms with Crippen LogP contribution in [-0.4, -0.2) is 54.2 Å². The van der Waals surface area contributed by atoms with Gasteiger partial charge in [0.15, 0.2) is 9.84 Å². The van der Waals surface area contributed by atoms with E-state index in [-0.39, 0.29) is 29.0 Å². The molecule has 2 aromatic carbocycles. The molecule has 11 heteroatoms. The van der Waals surface area contributed by atoms with Crippen LogP contribution in [0.3, 0.4) is 0 Å². The summed E-state index contributed by atoms with van der Waals surface area (Å²) in [7, 11) is -3.01. The van der Waals surface area contributed by atoms with Crippen LogP contribution in [0.1, 0.15) is 50.1 Å². The summed E-state index contributed by atoms with van der Waals surface area (Å²) in [4.78, 5) is 15.5. The van der Waals surface area contributed by atoms with Crippen molar-refractivity contribution in [3.63, 3.8) is 0 Å². The molecule has 1 amide bonds. The number of carbonyl (C=O) groups is 1. The maximum absolute atomic E-state index is 14.8. The average Bonchev–Trinajstić information content (AvgIpc) is 3.61. The molecular weight excluding hydrogens is 548 g/mol. The first-order chi connectivity index (χ1) is 19.7. The van der Waals surface area contributed by atoms with E-state index in [0.717, 1.165) is 42.3 Å². The van der Waals surface area contributed by atoms with E-state index in [9.17, 15) is 27.3 Å². The number of rotatable bonds is 6. The van der Waals surface area contributed by atoms with E-state index in [1.165, 1.54) is 4.68 Å². The monoisotopic (exact) mass is 579 g/mol. The molecule has 3 aliphatic rings. The number of anilines is 1. The summed E-state index contributed by atoms with van der Waals surface area (Å²) in [6, 6.07) is 13.1. The first-order valence-corrected chi connectivity index (χ1v) is 15.8. The Morgan fingerprint density at radius 1 is 1.05 bits per heavy atom. The first kappa shape index (κ1) is 27.4. The molecule has 0 spiro atoms. The Kier molecular flexibility index (Phi) is 7.06. The molecule has 1 aliphatic heterocycles. The van der Waals surface area contributed by atoms with Gasteiger partial charge in [0.05, 0.1) is 23.3 Å². The van der Waals surface area contributed by atoms with Gasteiger partial charge in [0.25, 0.3) is 0 Å².